The van der Waals surface area contributed by atoms with E-state index in [-0.39, 0.29) is 49.6 Å². The fourth-order valence-corrected chi connectivity index (χ4v) is 6.43. The molecule has 0 bridgehead atoms. The number of hydroxylamine groups is 2. The van der Waals surface area contributed by atoms with Gasteiger partial charge in [-0.2, -0.15) is 0 Å². The molecule has 10 nitrogen and oxygen atoms in total. The zero-order valence-electron chi connectivity index (χ0n) is 28.4. The zero-order valence-corrected chi connectivity index (χ0v) is 28.4. The van der Waals surface area contributed by atoms with Gasteiger partial charge < -0.3 is 24.7 Å². The van der Waals surface area contributed by atoms with Crippen LogP contribution in [0.25, 0.3) is 0 Å². The molecule has 2 heterocycles. The van der Waals surface area contributed by atoms with Gasteiger partial charge in [0.1, 0.15) is 6.61 Å². The summed E-state index contributed by atoms with van der Waals surface area (Å²) in [4.78, 5) is 62.4. The van der Waals surface area contributed by atoms with E-state index in [4.69, 9.17) is 9.57 Å². The number of nitrogens with zero attached hydrogens (tertiary/aromatic N) is 3. The van der Waals surface area contributed by atoms with Crippen LogP contribution in [0.2, 0.25) is 0 Å². The van der Waals surface area contributed by atoms with Crippen molar-refractivity contribution in [2.45, 2.75) is 98.3 Å². The second-order valence-electron chi connectivity index (χ2n) is 13.6. The molecule has 3 amide bonds. The van der Waals surface area contributed by atoms with Crippen LogP contribution in [-0.2, 0) is 31.2 Å². The first-order valence-corrected chi connectivity index (χ1v) is 16.5. The van der Waals surface area contributed by atoms with E-state index >= 15 is 0 Å². The fourth-order valence-electron chi connectivity index (χ4n) is 6.43. The number of ether oxygens (including phenoxy) is 1. The van der Waals surface area contributed by atoms with Crippen molar-refractivity contribution in [2.24, 2.45) is 5.41 Å². The average molecular weight is 635 g/mol. The molecule has 1 atom stereocenters. The number of nitrogens with one attached hydrogen (secondary N) is 1. The van der Waals surface area contributed by atoms with Crippen LogP contribution < -0.4 is 10.2 Å². The monoisotopic (exact) mass is 634 g/mol. The molecule has 2 aliphatic rings. The number of carbonyl (C=O) groups is 4. The Morgan fingerprint density at radius 2 is 1.76 bits per heavy atom. The number of hydrogen-bond acceptors (Lipinski definition) is 7. The number of amides is 3. The van der Waals surface area contributed by atoms with E-state index < -0.39 is 16.9 Å². The standard InChI is InChI=1S/C36H50N4O6/c1-8-36(9-2)29-18-17-27(31(41)40(25(3)4)28-16-13-20-38(23-28)46-33(43)35(5,6)7)22-30(29)39(32(36)42)21-19-37-34(44)45-24-26-14-11-10-12-15-26/h10-12,14-15,17-18,22,25,28H,8-9,13,16,19-21,23-24H2,1-7H3,(H,37,44)/t28-/m1/s1. The Morgan fingerprint density at radius 3 is 2.39 bits per heavy atom. The lowest BCUT2D eigenvalue weighted by atomic mass is 9.77. The highest BCUT2D eigenvalue weighted by Crippen LogP contribution is 2.46. The molecule has 250 valence electrons. The van der Waals surface area contributed by atoms with Gasteiger partial charge in [-0.05, 0) is 83.6 Å². The Kier molecular flexibility index (Phi) is 11.1. The number of fused-ring (bicyclic) bond motifs is 1. The van der Waals surface area contributed by atoms with Crippen molar-refractivity contribution in [1.82, 2.24) is 15.3 Å². The minimum absolute atomic E-state index is 0.0270. The molecular formula is C36H50N4O6. The van der Waals surface area contributed by atoms with Crippen LogP contribution in [0.15, 0.2) is 48.5 Å². The number of carbonyl (C=O) groups excluding carboxylic acids is 4. The van der Waals surface area contributed by atoms with Crippen LogP contribution in [0.1, 0.15) is 95.6 Å². The maximum absolute atomic E-state index is 14.2. The molecule has 0 radical (unpaired) electrons. The molecule has 1 fully saturated rings. The second kappa shape index (κ2) is 14.7. The minimum atomic E-state index is -0.691. The molecule has 0 aromatic heterocycles. The molecule has 46 heavy (non-hydrogen) atoms. The summed E-state index contributed by atoms with van der Waals surface area (Å²) in [7, 11) is 0. The highest BCUT2D eigenvalue weighted by atomic mass is 16.7. The van der Waals surface area contributed by atoms with Crippen LogP contribution in [-0.4, -0.2) is 72.1 Å². The maximum Gasteiger partial charge on any atom is 0.407 e. The topological polar surface area (TPSA) is 108 Å². The van der Waals surface area contributed by atoms with Crippen molar-refractivity contribution >= 4 is 29.6 Å². The van der Waals surface area contributed by atoms with Gasteiger partial charge in [-0.1, -0.05) is 50.2 Å². The molecule has 0 spiro atoms. The van der Waals surface area contributed by atoms with Gasteiger partial charge in [-0.15, -0.1) is 5.06 Å². The number of alkyl carbamates (subject to hydrolysis) is 1. The first-order chi connectivity index (χ1) is 21.8. The molecule has 1 saturated heterocycles. The summed E-state index contributed by atoms with van der Waals surface area (Å²) in [5, 5.41) is 4.45. The third-order valence-corrected chi connectivity index (χ3v) is 9.10. The quantitative estimate of drug-likeness (QED) is 0.331. The third kappa shape index (κ3) is 7.54. The summed E-state index contributed by atoms with van der Waals surface area (Å²) in [5.41, 5.74) is 1.66. The fraction of sp³-hybridized carbons (Fsp3) is 0.556. The van der Waals surface area contributed by atoms with Crippen LogP contribution in [0, 0.1) is 5.41 Å². The summed E-state index contributed by atoms with van der Waals surface area (Å²) in [6.07, 6.45) is 2.27. The number of piperidine rings is 1. The average Bonchev–Trinajstić information content (AvgIpc) is 3.26. The predicted octanol–water partition coefficient (Wildman–Crippen LogP) is 5.84. The van der Waals surface area contributed by atoms with Crippen molar-refractivity contribution in [3.63, 3.8) is 0 Å². The van der Waals surface area contributed by atoms with Crippen LogP contribution in [0.5, 0.6) is 0 Å². The van der Waals surface area contributed by atoms with Gasteiger partial charge >= 0.3 is 12.1 Å². The minimum Gasteiger partial charge on any atom is -0.445 e. The summed E-state index contributed by atoms with van der Waals surface area (Å²) in [5.74, 6) is -0.457. The summed E-state index contributed by atoms with van der Waals surface area (Å²) < 4.78 is 5.34. The van der Waals surface area contributed by atoms with Gasteiger partial charge in [0, 0.05) is 43.0 Å². The molecule has 0 saturated carbocycles. The summed E-state index contributed by atoms with van der Waals surface area (Å²) in [6, 6.07) is 14.8. The van der Waals surface area contributed by atoms with Crippen LogP contribution in [0.4, 0.5) is 10.5 Å². The Hall–Kier alpha value is -3.92. The van der Waals surface area contributed by atoms with Gasteiger partial charge in [-0.25, -0.2) is 9.59 Å². The van der Waals surface area contributed by atoms with Gasteiger partial charge in [-0.3, -0.25) is 9.59 Å². The first kappa shape index (κ1) is 34.9. The number of hydrogen-bond donors (Lipinski definition) is 1. The summed E-state index contributed by atoms with van der Waals surface area (Å²) >= 11 is 0. The normalized spacial score (nSPS) is 17.9. The van der Waals surface area contributed by atoms with Crippen molar-refractivity contribution in [1.29, 1.82) is 0 Å². The SMILES string of the molecule is CCC1(CC)C(=O)N(CCNC(=O)OCc2ccccc2)c2cc(C(=O)N(C(C)C)[C@@H]3CCCN(OC(=O)C(C)(C)C)C3)ccc21. The van der Waals surface area contributed by atoms with Gasteiger partial charge in [0.25, 0.3) is 5.91 Å². The Bertz CT molecular complexity index is 1400. The molecule has 1 N–H and O–H groups in total. The molecule has 2 aromatic rings. The van der Waals surface area contributed by atoms with E-state index in [0.29, 0.717) is 37.2 Å². The predicted molar refractivity (Wildman–Crippen MR) is 177 cm³/mol. The van der Waals surface area contributed by atoms with E-state index in [9.17, 15) is 19.2 Å². The highest BCUT2D eigenvalue weighted by Gasteiger charge is 2.48. The third-order valence-electron chi connectivity index (χ3n) is 9.10. The highest BCUT2D eigenvalue weighted by molar-refractivity contribution is 6.09. The summed E-state index contributed by atoms with van der Waals surface area (Å²) in [6.45, 7) is 15.1. The largest absolute Gasteiger partial charge is 0.445 e. The Morgan fingerprint density at radius 1 is 1.07 bits per heavy atom. The van der Waals surface area contributed by atoms with E-state index in [1.54, 1.807) is 9.96 Å². The first-order valence-electron chi connectivity index (χ1n) is 16.5. The molecule has 10 heteroatoms. The number of rotatable bonds is 11. The molecule has 2 aromatic carbocycles. The Labute approximate surface area is 273 Å². The molecular weight excluding hydrogens is 584 g/mol. The second-order valence-corrected chi connectivity index (χ2v) is 13.6. The lowest BCUT2D eigenvalue weighted by molar-refractivity contribution is -0.208. The van der Waals surface area contributed by atoms with Crippen molar-refractivity contribution in [3.05, 3.63) is 65.2 Å². The number of benzene rings is 2. The molecule has 0 unspecified atom stereocenters. The van der Waals surface area contributed by atoms with Crippen molar-refractivity contribution in [3.8, 4) is 0 Å². The van der Waals surface area contributed by atoms with Crippen molar-refractivity contribution in [2.75, 3.05) is 31.1 Å². The smallest absolute Gasteiger partial charge is 0.407 e. The maximum atomic E-state index is 14.2. The number of anilines is 1. The zero-order chi connectivity index (χ0) is 33.6. The van der Waals surface area contributed by atoms with Crippen LogP contribution in [0.3, 0.4) is 0 Å². The molecule has 2 aliphatic heterocycles. The Balaban J connectivity index is 1.51. The van der Waals surface area contributed by atoms with E-state index in [1.165, 1.54) is 0 Å². The van der Waals surface area contributed by atoms with Gasteiger partial charge in [0.05, 0.1) is 17.4 Å². The van der Waals surface area contributed by atoms with E-state index in [2.05, 4.69) is 5.32 Å². The lowest BCUT2D eigenvalue weighted by Crippen LogP contribution is -2.53. The lowest BCUT2D eigenvalue weighted by Gasteiger charge is -2.41. The van der Waals surface area contributed by atoms with Gasteiger partial charge in [0.15, 0.2) is 0 Å². The van der Waals surface area contributed by atoms with Crippen LogP contribution >= 0.6 is 0 Å². The van der Waals surface area contributed by atoms with E-state index in [0.717, 1.165) is 24.0 Å². The molecule has 4 rings (SSSR count). The van der Waals surface area contributed by atoms with Crippen molar-refractivity contribution < 1.29 is 28.8 Å². The molecule has 0 aliphatic carbocycles. The van der Waals surface area contributed by atoms with Gasteiger partial charge in [0.2, 0.25) is 5.91 Å². The van der Waals surface area contributed by atoms with E-state index in [1.807, 2.05) is 102 Å².